The van der Waals surface area contributed by atoms with Crippen molar-refractivity contribution in [3.8, 4) is 11.4 Å². The second-order valence-corrected chi connectivity index (χ2v) is 8.67. The predicted octanol–water partition coefficient (Wildman–Crippen LogP) is 3.37. The van der Waals surface area contributed by atoms with Gasteiger partial charge >= 0.3 is 0 Å². The molecule has 8 nitrogen and oxygen atoms in total. The van der Waals surface area contributed by atoms with Crippen LogP contribution in [0.2, 0.25) is 0 Å². The molecule has 1 aromatic carbocycles. The summed E-state index contributed by atoms with van der Waals surface area (Å²) in [6.45, 7) is 4.50. The summed E-state index contributed by atoms with van der Waals surface area (Å²) in [4.78, 5) is 13.8. The van der Waals surface area contributed by atoms with Gasteiger partial charge in [-0.1, -0.05) is 6.07 Å². The molecule has 3 aromatic heterocycles. The number of benzene rings is 1. The maximum atomic E-state index is 13.4. The summed E-state index contributed by atoms with van der Waals surface area (Å²) in [5, 5.41) is 13.3. The minimum Gasteiger partial charge on any atom is -0.353 e. The number of anilines is 1. The van der Waals surface area contributed by atoms with Crippen molar-refractivity contribution in [3.05, 3.63) is 59.8 Å². The van der Waals surface area contributed by atoms with Crippen LogP contribution in [0.1, 0.15) is 24.0 Å². The second kappa shape index (κ2) is 8.82. The van der Waals surface area contributed by atoms with E-state index < -0.39 is 0 Å². The first-order valence-corrected chi connectivity index (χ1v) is 11.2. The van der Waals surface area contributed by atoms with Crippen molar-refractivity contribution in [2.24, 2.45) is 7.05 Å². The molecule has 0 atom stereocenters. The lowest BCUT2D eigenvalue weighted by Crippen LogP contribution is -2.43. The van der Waals surface area contributed by atoms with Crippen LogP contribution in [0.25, 0.3) is 22.4 Å². The molecule has 0 radical (unpaired) electrons. The molecule has 0 spiro atoms. The molecule has 1 fully saturated rings. The van der Waals surface area contributed by atoms with Crippen LogP contribution >= 0.6 is 0 Å². The van der Waals surface area contributed by atoms with Crippen LogP contribution in [0.4, 0.5) is 10.2 Å². The van der Waals surface area contributed by atoms with Crippen LogP contribution in [0.3, 0.4) is 0 Å². The quantitative estimate of drug-likeness (QED) is 0.465. The lowest BCUT2D eigenvalue weighted by Gasteiger charge is -2.37. The van der Waals surface area contributed by atoms with Crippen molar-refractivity contribution in [1.82, 2.24) is 34.8 Å². The Bertz CT molecular complexity index is 1280. The van der Waals surface area contributed by atoms with Gasteiger partial charge in [0.2, 0.25) is 0 Å². The van der Waals surface area contributed by atoms with E-state index in [1.54, 1.807) is 35.4 Å². The average molecular weight is 447 g/mol. The smallest absolute Gasteiger partial charge is 0.179 e. The SMILES string of the molecule is Cc1cc(F)ccc1CN(C)C1CCN(c2nnc(-c3ccnn3C)c3nccnc23)CC1. The Balaban J connectivity index is 1.33. The zero-order chi connectivity index (χ0) is 22.9. The molecule has 0 N–H and O–H groups in total. The van der Waals surface area contributed by atoms with E-state index in [1.807, 2.05) is 26.1 Å². The number of piperidine rings is 1. The van der Waals surface area contributed by atoms with Crippen LogP contribution in [-0.2, 0) is 13.6 Å². The Morgan fingerprint density at radius 2 is 1.79 bits per heavy atom. The van der Waals surface area contributed by atoms with E-state index >= 15 is 0 Å². The predicted molar refractivity (Wildman–Crippen MR) is 125 cm³/mol. The first-order valence-electron chi connectivity index (χ1n) is 11.2. The van der Waals surface area contributed by atoms with Gasteiger partial charge in [0.25, 0.3) is 0 Å². The minimum absolute atomic E-state index is 0.182. The zero-order valence-corrected chi connectivity index (χ0v) is 19.1. The van der Waals surface area contributed by atoms with Crippen LogP contribution < -0.4 is 4.90 Å². The van der Waals surface area contributed by atoms with E-state index in [1.165, 1.54) is 5.56 Å². The van der Waals surface area contributed by atoms with E-state index in [0.29, 0.717) is 11.7 Å². The lowest BCUT2D eigenvalue weighted by atomic mass is 10.0. The van der Waals surface area contributed by atoms with Crippen LogP contribution in [0, 0.1) is 12.7 Å². The third-order valence-corrected chi connectivity index (χ3v) is 6.55. The van der Waals surface area contributed by atoms with E-state index in [4.69, 9.17) is 0 Å². The molecule has 4 heterocycles. The molecule has 0 amide bonds. The van der Waals surface area contributed by atoms with Gasteiger partial charge in [-0.15, -0.1) is 10.2 Å². The van der Waals surface area contributed by atoms with E-state index in [-0.39, 0.29) is 5.82 Å². The molecule has 9 heteroatoms. The Morgan fingerprint density at radius 3 is 2.48 bits per heavy atom. The molecule has 5 rings (SSSR count). The van der Waals surface area contributed by atoms with Crippen LogP contribution in [-0.4, -0.2) is 61.0 Å². The van der Waals surface area contributed by atoms with Crippen molar-refractivity contribution in [2.75, 3.05) is 25.0 Å². The molecule has 1 aliphatic heterocycles. The number of hydrogen-bond acceptors (Lipinski definition) is 7. The van der Waals surface area contributed by atoms with Crippen molar-refractivity contribution in [2.45, 2.75) is 32.4 Å². The Kier molecular flexibility index (Phi) is 5.72. The maximum absolute atomic E-state index is 13.4. The summed E-state index contributed by atoms with van der Waals surface area (Å²) >= 11 is 0. The molecule has 170 valence electrons. The topological polar surface area (TPSA) is 75.9 Å². The normalized spacial score (nSPS) is 15.0. The molecule has 33 heavy (non-hydrogen) atoms. The largest absolute Gasteiger partial charge is 0.353 e. The Hall–Kier alpha value is -3.46. The highest BCUT2D eigenvalue weighted by molar-refractivity contribution is 5.94. The summed E-state index contributed by atoms with van der Waals surface area (Å²) in [5.74, 6) is 0.595. The molecule has 0 bridgehead atoms. The van der Waals surface area contributed by atoms with Gasteiger partial charge < -0.3 is 4.90 Å². The molecule has 0 saturated carbocycles. The summed E-state index contributed by atoms with van der Waals surface area (Å²) in [5.41, 5.74) is 5.20. The summed E-state index contributed by atoms with van der Waals surface area (Å²) in [7, 11) is 4.02. The van der Waals surface area contributed by atoms with E-state index in [9.17, 15) is 4.39 Å². The number of fused-ring (bicyclic) bond motifs is 1. The highest BCUT2D eigenvalue weighted by Crippen LogP contribution is 2.30. The van der Waals surface area contributed by atoms with Gasteiger partial charge in [0.15, 0.2) is 5.82 Å². The fraction of sp³-hybridized carbons (Fsp3) is 0.375. The highest BCUT2D eigenvalue weighted by Gasteiger charge is 2.26. The summed E-state index contributed by atoms with van der Waals surface area (Å²) in [6.07, 6.45) is 7.13. The van der Waals surface area contributed by atoms with E-state index in [2.05, 4.69) is 42.1 Å². The first kappa shape index (κ1) is 21.4. The monoisotopic (exact) mass is 446 g/mol. The average Bonchev–Trinajstić information content (AvgIpc) is 3.26. The maximum Gasteiger partial charge on any atom is 0.179 e. The van der Waals surface area contributed by atoms with Crippen molar-refractivity contribution < 1.29 is 4.39 Å². The summed E-state index contributed by atoms with van der Waals surface area (Å²) < 4.78 is 15.2. The van der Waals surface area contributed by atoms with Gasteiger partial charge in [-0.05, 0) is 56.1 Å². The van der Waals surface area contributed by atoms with Crippen LogP contribution in [0.5, 0.6) is 0 Å². The Morgan fingerprint density at radius 1 is 1.03 bits per heavy atom. The van der Waals surface area contributed by atoms with Gasteiger partial charge in [-0.2, -0.15) is 5.10 Å². The molecule has 4 aromatic rings. The Labute approximate surface area is 192 Å². The van der Waals surface area contributed by atoms with Gasteiger partial charge in [0, 0.05) is 51.3 Å². The number of halogens is 1. The molecule has 0 aliphatic carbocycles. The van der Waals surface area contributed by atoms with E-state index in [0.717, 1.165) is 60.6 Å². The zero-order valence-electron chi connectivity index (χ0n) is 19.1. The number of nitrogens with zero attached hydrogens (tertiary/aromatic N) is 8. The van der Waals surface area contributed by atoms with Gasteiger partial charge in [-0.3, -0.25) is 14.6 Å². The van der Waals surface area contributed by atoms with Crippen LogP contribution in [0.15, 0.2) is 42.9 Å². The summed E-state index contributed by atoms with van der Waals surface area (Å²) in [6, 6.07) is 7.39. The van der Waals surface area contributed by atoms with Crippen molar-refractivity contribution in [3.63, 3.8) is 0 Å². The minimum atomic E-state index is -0.182. The number of aryl methyl sites for hydroxylation is 2. The van der Waals surface area contributed by atoms with Crippen molar-refractivity contribution in [1.29, 1.82) is 0 Å². The number of hydrogen-bond donors (Lipinski definition) is 0. The third-order valence-electron chi connectivity index (χ3n) is 6.55. The number of aromatic nitrogens is 6. The lowest BCUT2D eigenvalue weighted by molar-refractivity contribution is 0.200. The van der Waals surface area contributed by atoms with Gasteiger partial charge in [-0.25, -0.2) is 9.37 Å². The standard InChI is InChI=1S/C24H27FN8/c1-16-14-18(25)5-4-17(16)15-31(2)19-7-12-33(13-8-19)24-23-22(26-10-11-27-23)21(29-30-24)20-6-9-28-32(20)3/h4-6,9-11,14,19H,7-8,12-13,15H2,1-3H3. The highest BCUT2D eigenvalue weighted by atomic mass is 19.1. The van der Waals surface area contributed by atoms with Gasteiger partial charge in [0.05, 0.1) is 5.69 Å². The molecule has 1 aliphatic rings. The first-order chi connectivity index (χ1) is 16.0. The van der Waals surface area contributed by atoms with Crippen molar-refractivity contribution >= 4 is 16.9 Å². The van der Waals surface area contributed by atoms with Gasteiger partial charge in [0.1, 0.15) is 22.5 Å². The third kappa shape index (κ3) is 4.16. The number of rotatable bonds is 5. The molecule has 0 unspecified atom stereocenters. The fourth-order valence-corrected chi connectivity index (χ4v) is 4.61. The molecular formula is C24H27FN8. The molecular weight excluding hydrogens is 419 g/mol. The molecule has 1 saturated heterocycles. The second-order valence-electron chi connectivity index (χ2n) is 8.67. The fourth-order valence-electron chi connectivity index (χ4n) is 4.61.